The van der Waals surface area contributed by atoms with Crippen LogP contribution < -0.4 is 15.5 Å². The normalized spacial score (nSPS) is 18.3. The van der Waals surface area contributed by atoms with Gasteiger partial charge in [-0.2, -0.15) is 0 Å². The van der Waals surface area contributed by atoms with E-state index >= 15 is 0 Å². The smallest absolute Gasteiger partial charge is 0.234 e. The van der Waals surface area contributed by atoms with Crippen LogP contribution in [0.15, 0.2) is 24.3 Å². The zero-order chi connectivity index (χ0) is 13.7. The fraction of sp³-hybridized carbons (Fsp3) is 0.500. The van der Waals surface area contributed by atoms with Crippen molar-refractivity contribution in [2.75, 3.05) is 31.6 Å². The summed E-state index contributed by atoms with van der Waals surface area (Å²) in [5.41, 5.74) is 0.620. The largest absolute Gasteiger partial charge is 0.367 e. The number of halogens is 2. The van der Waals surface area contributed by atoms with Crippen molar-refractivity contribution in [1.29, 1.82) is 0 Å². The van der Waals surface area contributed by atoms with Gasteiger partial charge in [-0.3, -0.25) is 4.79 Å². The highest BCUT2D eigenvalue weighted by Gasteiger charge is 2.22. The van der Waals surface area contributed by atoms with Crippen LogP contribution in [0.3, 0.4) is 0 Å². The summed E-state index contributed by atoms with van der Waals surface area (Å²) in [7, 11) is 1.74. The van der Waals surface area contributed by atoms with Crippen molar-refractivity contribution in [3.05, 3.63) is 30.1 Å². The summed E-state index contributed by atoms with van der Waals surface area (Å²) < 4.78 is 13.7. The Morgan fingerprint density at radius 3 is 2.90 bits per heavy atom. The summed E-state index contributed by atoms with van der Waals surface area (Å²) >= 11 is 0. The standard InChI is InChI=1S/C14H20FN3O.ClH/c1-16-9-14(19)17-11-5-4-8-18(10-11)13-7-3-2-6-12(13)15;/h2-3,6-7,11,16H,4-5,8-10H2,1H3,(H,17,19);1H. The van der Waals surface area contributed by atoms with Gasteiger partial charge in [0.1, 0.15) is 5.82 Å². The number of anilines is 1. The summed E-state index contributed by atoms with van der Waals surface area (Å²) in [5, 5.41) is 5.80. The lowest BCUT2D eigenvalue weighted by Gasteiger charge is -2.34. The minimum Gasteiger partial charge on any atom is -0.367 e. The van der Waals surface area contributed by atoms with E-state index in [1.54, 1.807) is 19.2 Å². The molecule has 1 aromatic rings. The molecule has 1 aliphatic rings. The monoisotopic (exact) mass is 301 g/mol. The van der Waals surface area contributed by atoms with E-state index in [-0.39, 0.29) is 30.2 Å². The van der Waals surface area contributed by atoms with Gasteiger partial charge in [0.25, 0.3) is 0 Å². The first-order valence-corrected chi connectivity index (χ1v) is 6.64. The van der Waals surface area contributed by atoms with Crippen LogP contribution in [0.2, 0.25) is 0 Å². The van der Waals surface area contributed by atoms with Gasteiger partial charge in [-0.1, -0.05) is 12.1 Å². The first-order valence-electron chi connectivity index (χ1n) is 6.64. The minimum atomic E-state index is -0.204. The van der Waals surface area contributed by atoms with Crippen molar-refractivity contribution in [1.82, 2.24) is 10.6 Å². The lowest BCUT2D eigenvalue weighted by Crippen LogP contribution is -2.49. The SMILES string of the molecule is CNCC(=O)NC1CCCN(c2ccccc2F)C1.Cl. The summed E-state index contributed by atoms with van der Waals surface area (Å²) in [5.74, 6) is -0.215. The van der Waals surface area contributed by atoms with Crippen LogP contribution in [-0.4, -0.2) is 38.6 Å². The topological polar surface area (TPSA) is 44.4 Å². The molecule has 1 saturated heterocycles. The van der Waals surface area contributed by atoms with Gasteiger partial charge in [0.15, 0.2) is 0 Å². The Morgan fingerprint density at radius 2 is 2.20 bits per heavy atom. The molecule has 1 aromatic carbocycles. The second-order valence-electron chi connectivity index (χ2n) is 4.83. The number of likely N-dealkylation sites (N-methyl/N-ethyl adjacent to an activating group) is 1. The number of hydrogen-bond donors (Lipinski definition) is 2. The number of nitrogens with one attached hydrogen (secondary N) is 2. The van der Waals surface area contributed by atoms with Crippen molar-refractivity contribution in [3.8, 4) is 0 Å². The van der Waals surface area contributed by atoms with Crippen molar-refractivity contribution in [2.24, 2.45) is 0 Å². The molecule has 20 heavy (non-hydrogen) atoms. The summed E-state index contributed by atoms with van der Waals surface area (Å²) in [6.45, 7) is 1.81. The Bertz CT molecular complexity index is 444. The van der Waals surface area contributed by atoms with Crippen molar-refractivity contribution in [2.45, 2.75) is 18.9 Å². The lowest BCUT2D eigenvalue weighted by atomic mass is 10.0. The van der Waals surface area contributed by atoms with Crippen molar-refractivity contribution in [3.63, 3.8) is 0 Å². The number of hydrogen-bond acceptors (Lipinski definition) is 3. The number of amides is 1. The second-order valence-corrected chi connectivity index (χ2v) is 4.83. The zero-order valence-corrected chi connectivity index (χ0v) is 12.4. The molecule has 1 fully saturated rings. The summed E-state index contributed by atoms with van der Waals surface area (Å²) in [6, 6.07) is 6.87. The first kappa shape index (κ1) is 16.7. The molecule has 2 rings (SSSR count). The fourth-order valence-corrected chi connectivity index (χ4v) is 2.46. The van der Waals surface area contributed by atoms with Crippen LogP contribution in [0.25, 0.3) is 0 Å². The molecule has 1 aliphatic heterocycles. The van der Waals surface area contributed by atoms with E-state index in [2.05, 4.69) is 10.6 Å². The second kappa shape index (κ2) is 8.07. The molecule has 6 heteroatoms. The quantitative estimate of drug-likeness (QED) is 0.887. The van der Waals surface area contributed by atoms with Gasteiger partial charge in [-0.25, -0.2) is 4.39 Å². The molecule has 0 radical (unpaired) electrons. The molecule has 1 unspecified atom stereocenters. The van der Waals surface area contributed by atoms with Gasteiger partial charge in [0.2, 0.25) is 5.91 Å². The van der Waals surface area contributed by atoms with E-state index in [0.29, 0.717) is 18.8 Å². The van der Waals surface area contributed by atoms with E-state index in [4.69, 9.17) is 0 Å². The van der Waals surface area contributed by atoms with Crippen molar-refractivity contribution >= 4 is 24.0 Å². The molecule has 1 atom stereocenters. The fourth-order valence-electron chi connectivity index (χ4n) is 2.46. The first-order chi connectivity index (χ1) is 9.20. The van der Waals surface area contributed by atoms with E-state index in [1.165, 1.54) is 6.07 Å². The van der Waals surface area contributed by atoms with Crippen LogP contribution in [0.4, 0.5) is 10.1 Å². The minimum absolute atomic E-state index is 0. The maximum Gasteiger partial charge on any atom is 0.234 e. The molecule has 1 amide bonds. The molecule has 112 valence electrons. The number of carbonyl (C=O) groups is 1. The summed E-state index contributed by atoms with van der Waals surface area (Å²) in [4.78, 5) is 13.6. The van der Waals surface area contributed by atoms with E-state index in [9.17, 15) is 9.18 Å². The Kier molecular flexibility index (Phi) is 6.75. The van der Waals surface area contributed by atoms with Gasteiger partial charge < -0.3 is 15.5 Å². The number of piperidine rings is 1. The van der Waals surface area contributed by atoms with Crippen molar-refractivity contribution < 1.29 is 9.18 Å². The maximum atomic E-state index is 13.7. The highest BCUT2D eigenvalue weighted by molar-refractivity contribution is 5.85. The third-order valence-electron chi connectivity index (χ3n) is 3.32. The van der Waals surface area contributed by atoms with Gasteiger partial charge >= 0.3 is 0 Å². The third-order valence-corrected chi connectivity index (χ3v) is 3.32. The lowest BCUT2D eigenvalue weighted by molar-refractivity contribution is -0.120. The predicted octanol–water partition coefficient (Wildman–Crippen LogP) is 1.55. The van der Waals surface area contributed by atoms with Crippen LogP contribution >= 0.6 is 12.4 Å². The molecule has 0 aliphatic carbocycles. The predicted molar refractivity (Wildman–Crippen MR) is 81.0 cm³/mol. The van der Waals surface area contributed by atoms with E-state index in [1.807, 2.05) is 11.0 Å². The average Bonchev–Trinajstić information content (AvgIpc) is 2.40. The van der Waals surface area contributed by atoms with E-state index in [0.717, 1.165) is 19.4 Å². The average molecular weight is 302 g/mol. The molecule has 0 saturated carbocycles. The summed E-state index contributed by atoms with van der Waals surface area (Å²) in [6.07, 6.45) is 1.90. The number of benzene rings is 1. The molecule has 0 bridgehead atoms. The van der Waals surface area contributed by atoms with Crippen LogP contribution in [0.1, 0.15) is 12.8 Å². The molecular weight excluding hydrogens is 281 g/mol. The number of rotatable bonds is 4. The highest BCUT2D eigenvalue weighted by Crippen LogP contribution is 2.22. The Labute approximate surface area is 125 Å². The number of carbonyl (C=O) groups excluding carboxylic acids is 1. The Hall–Kier alpha value is -1.33. The molecule has 0 aromatic heterocycles. The molecule has 4 nitrogen and oxygen atoms in total. The Balaban J connectivity index is 0.00000200. The Morgan fingerprint density at radius 1 is 1.45 bits per heavy atom. The third kappa shape index (κ3) is 4.35. The van der Waals surface area contributed by atoms with Gasteiger partial charge in [0, 0.05) is 19.1 Å². The molecule has 1 heterocycles. The van der Waals surface area contributed by atoms with E-state index < -0.39 is 0 Å². The zero-order valence-electron chi connectivity index (χ0n) is 11.6. The number of nitrogens with zero attached hydrogens (tertiary/aromatic N) is 1. The van der Waals surface area contributed by atoms with Crippen LogP contribution in [0.5, 0.6) is 0 Å². The molecular formula is C14H21ClFN3O. The molecule has 0 spiro atoms. The number of para-hydroxylation sites is 1. The maximum absolute atomic E-state index is 13.7. The van der Waals surface area contributed by atoms with Crippen LogP contribution in [-0.2, 0) is 4.79 Å². The molecule has 2 N–H and O–H groups in total. The van der Waals surface area contributed by atoms with Gasteiger partial charge in [0.05, 0.1) is 12.2 Å². The van der Waals surface area contributed by atoms with Gasteiger partial charge in [-0.15, -0.1) is 12.4 Å². The highest BCUT2D eigenvalue weighted by atomic mass is 35.5. The van der Waals surface area contributed by atoms with Gasteiger partial charge in [-0.05, 0) is 32.0 Å². The van der Waals surface area contributed by atoms with Crippen LogP contribution in [0, 0.1) is 5.82 Å².